The van der Waals surface area contributed by atoms with Crippen LogP contribution in [0, 0.1) is 5.82 Å². The quantitative estimate of drug-likeness (QED) is 0.307. The van der Waals surface area contributed by atoms with Gasteiger partial charge in [-0.1, -0.05) is 24.3 Å². The number of rotatable bonds is 10. The molecule has 1 N–H and O–H groups in total. The Morgan fingerprint density at radius 2 is 1.66 bits per heavy atom. The van der Waals surface area contributed by atoms with E-state index in [2.05, 4.69) is 15.2 Å². The summed E-state index contributed by atoms with van der Waals surface area (Å²) >= 11 is 0. The van der Waals surface area contributed by atoms with E-state index in [9.17, 15) is 9.18 Å². The Morgan fingerprint density at radius 3 is 2.34 bits per heavy atom. The fourth-order valence-electron chi connectivity index (χ4n) is 3.78. The number of anilines is 1. The third-order valence-corrected chi connectivity index (χ3v) is 5.75. The van der Waals surface area contributed by atoms with E-state index < -0.39 is 0 Å². The summed E-state index contributed by atoms with van der Waals surface area (Å²) in [6.07, 6.45) is 2.82. The summed E-state index contributed by atoms with van der Waals surface area (Å²) in [5, 5.41) is 7.74. The Kier molecular flexibility index (Phi) is 7.77. The van der Waals surface area contributed by atoms with E-state index in [-0.39, 0.29) is 11.8 Å². The van der Waals surface area contributed by atoms with Gasteiger partial charge in [0.1, 0.15) is 18.2 Å². The molecule has 0 atom stereocenters. The lowest BCUT2D eigenvalue weighted by Gasteiger charge is -2.10. The van der Waals surface area contributed by atoms with Gasteiger partial charge in [0.05, 0.1) is 19.0 Å². The number of methoxy groups -OCH3 is 1. The van der Waals surface area contributed by atoms with Gasteiger partial charge in [-0.2, -0.15) is 5.10 Å². The minimum Gasteiger partial charge on any atom is -0.489 e. The van der Waals surface area contributed by atoms with Crippen LogP contribution in [0.5, 0.6) is 5.75 Å². The summed E-state index contributed by atoms with van der Waals surface area (Å²) in [7, 11) is 3.26. The highest BCUT2D eigenvalue weighted by Gasteiger charge is 2.12. The molecule has 1 aromatic heterocycles. The maximum Gasteiger partial charge on any atom is 0.305 e. The van der Waals surface area contributed by atoms with Crippen molar-refractivity contribution in [1.82, 2.24) is 9.78 Å². The molecule has 180 valence electrons. The van der Waals surface area contributed by atoms with Crippen molar-refractivity contribution >= 4 is 11.7 Å². The molecule has 0 aliphatic carbocycles. The molecule has 3 aromatic carbocycles. The Balaban J connectivity index is 1.29. The van der Waals surface area contributed by atoms with Gasteiger partial charge in [-0.25, -0.2) is 4.39 Å². The van der Waals surface area contributed by atoms with Crippen LogP contribution in [0.2, 0.25) is 0 Å². The molecule has 0 amide bonds. The lowest BCUT2D eigenvalue weighted by Crippen LogP contribution is -2.02. The highest BCUT2D eigenvalue weighted by molar-refractivity contribution is 5.69. The van der Waals surface area contributed by atoms with Gasteiger partial charge in [0.15, 0.2) is 0 Å². The molecule has 0 spiro atoms. The summed E-state index contributed by atoms with van der Waals surface area (Å²) < 4.78 is 25.7. The Hall–Kier alpha value is -4.13. The monoisotopic (exact) mass is 473 g/mol. The highest BCUT2D eigenvalue weighted by atomic mass is 19.1. The number of halogens is 1. The molecular weight excluding hydrogens is 445 g/mol. The average Bonchev–Trinajstić information content (AvgIpc) is 3.26. The van der Waals surface area contributed by atoms with Crippen LogP contribution >= 0.6 is 0 Å². The number of aromatic nitrogens is 2. The van der Waals surface area contributed by atoms with Gasteiger partial charge in [-0.15, -0.1) is 0 Å². The van der Waals surface area contributed by atoms with Crippen LogP contribution < -0.4 is 10.1 Å². The average molecular weight is 474 g/mol. The summed E-state index contributed by atoms with van der Waals surface area (Å²) in [5.41, 5.74) is 5.96. The molecule has 35 heavy (non-hydrogen) atoms. The number of benzene rings is 3. The Labute approximate surface area is 204 Å². The summed E-state index contributed by atoms with van der Waals surface area (Å²) in [5.74, 6) is 0.293. The second kappa shape index (κ2) is 11.3. The number of hydrogen-bond donors (Lipinski definition) is 1. The Bertz CT molecular complexity index is 1250. The molecule has 0 radical (unpaired) electrons. The second-order valence-electron chi connectivity index (χ2n) is 8.21. The molecule has 6 nitrogen and oxygen atoms in total. The van der Waals surface area contributed by atoms with Crippen molar-refractivity contribution in [3.63, 3.8) is 0 Å². The van der Waals surface area contributed by atoms with Crippen LogP contribution in [-0.2, 0) is 36.2 Å². The van der Waals surface area contributed by atoms with E-state index >= 15 is 0 Å². The van der Waals surface area contributed by atoms with Crippen LogP contribution in [0.25, 0.3) is 11.3 Å². The first-order valence-electron chi connectivity index (χ1n) is 11.4. The molecule has 4 rings (SSSR count). The smallest absolute Gasteiger partial charge is 0.305 e. The topological polar surface area (TPSA) is 65.4 Å². The van der Waals surface area contributed by atoms with Gasteiger partial charge >= 0.3 is 5.97 Å². The van der Waals surface area contributed by atoms with Gasteiger partial charge in [0, 0.05) is 36.8 Å². The number of nitrogens with one attached hydrogen (secondary N) is 1. The second-order valence-corrected chi connectivity index (χ2v) is 8.21. The number of nitrogens with zero attached hydrogens (tertiary/aromatic N) is 2. The molecular formula is C28H28FN3O3. The van der Waals surface area contributed by atoms with E-state index in [0.29, 0.717) is 26.0 Å². The molecule has 0 saturated heterocycles. The number of ether oxygens (including phenoxy) is 2. The lowest BCUT2D eigenvalue weighted by atomic mass is 10.1. The number of carbonyl (C=O) groups is 1. The van der Waals surface area contributed by atoms with Crippen LogP contribution in [0.3, 0.4) is 0 Å². The van der Waals surface area contributed by atoms with Gasteiger partial charge in [-0.3, -0.25) is 9.48 Å². The van der Waals surface area contributed by atoms with Crippen LogP contribution in [0.15, 0.2) is 79.0 Å². The first-order valence-corrected chi connectivity index (χ1v) is 11.4. The van der Waals surface area contributed by atoms with Gasteiger partial charge in [0.25, 0.3) is 0 Å². The first-order chi connectivity index (χ1) is 17.0. The van der Waals surface area contributed by atoms with Gasteiger partial charge in [0.2, 0.25) is 0 Å². The van der Waals surface area contributed by atoms with Crippen molar-refractivity contribution in [3.05, 3.63) is 102 Å². The molecule has 0 saturated carbocycles. The van der Waals surface area contributed by atoms with E-state index in [1.807, 2.05) is 55.6 Å². The SMILES string of the molecule is COC(=O)CCc1ccc(NCc2ccc(OCc3cnn(C)c3-c3ccc(F)cc3)cc2)cc1. The van der Waals surface area contributed by atoms with E-state index in [4.69, 9.17) is 4.74 Å². The number of esters is 1. The molecule has 0 unspecified atom stereocenters. The summed E-state index contributed by atoms with van der Waals surface area (Å²) in [6, 6.07) is 22.4. The van der Waals surface area contributed by atoms with E-state index in [1.54, 1.807) is 23.0 Å². The number of carbonyl (C=O) groups excluding carboxylic acids is 1. The van der Waals surface area contributed by atoms with Gasteiger partial charge < -0.3 is 14.8 Å². The van der Waals surface area contributed by atoms with Crippen molar-refractivity contribution < 1.29 is 18.7 Å². The number of hydrogen-bond acceptors (Lipinski definition) is 5. The molecule has 0 aliphatic heterocycles. The molecule has 0 aliphatic rings. The largest absolute Gasteiger partial charge is 0.489 e. The third-order valence-electron chi connectivity index (χ3n) is 5.75. The van der Waals surface area contributed by atoms with Gasteiger partial charge in [-0.05, 0) is 66.1 Å². The van der Waals surface area contributed by atoms with E-state index in [1.165, 1.54) is 19.2 Å². The third kappa shape index (κ3) is 6.47. The van der Waals surface area contributed by atoms with E-state index in [0.717, 1.165) is 39.4 Å². The molecule has 0 bridgehead atoms. The van der Waals surface area contributed by atoms with Crippen molar-refractivity contribution in [3.8, 4) is 17.0 Å². The Morgan fingerprint density at radius 1 is 0.971 bits per heavy atom. The van der Waals surface area contributed by atoms with Crippen molar-refractivity contribution in [2.75, 3.05) is 12.4 Å². The fraction of sp³-hybridized carbons (Fsp3) is 0.214. The maximum atomic E-state index is 13.3. The normalized spacial score (nSPS) is 10.7. The van der Waals surface area contributed by atoms with Crippen LogP contribution in [-0.4, -0.2) is 22.9 Å². The van der Waals surface area contributed by atoms with Crippen molar-refractivity contribution in [1.29, 1.82) is 0 Å². The van der Waals surface area contributed by atoms with Crippen molar-refractivity contribution in [2.24, 2.45) is 7.05 Å². The molecule has 4 aromatic rings. The maximum absolute atomic E-state index is 13.3. The highest BCUT2D eigenvalue weighted by Crippen LogP contribution is 2.25. The zero-order valence-corrected chi connectivity index (χ0v) is 19.8. The first kappa shape index (κ1) is 24.0. The minimum absolute atomic E-state index is 0.201. The zero-order chi connectivity index (χ0) is 24.6. The lowest BCUT2D eigenvalue weighted by molar-refractivity contribution is -0.140. The molecule has 0 fully saturated rings. The molecule has 7 heteroatoms. The van der Waals surface area contributed by atoms with Crippen LogP contribution in [0.4, 0.5) is 10.1 Å². The summed E-state index contributed by atoms with van der Waals surface area (Å²) in [4.78, 5) is 11.3. The standard InChI is InChI=1S/C28H28FN3O3/c1-32-28(22-8-10-24(29)11-9-22)23(18-31-32)19-35-26-14-5-21(6-15-26)17-30-25-12-3-20(4-13-25)7-16-27(33)34-2/h3-6,8-15,18,30H,7,16-17,19H2,1-2H3. The predicted octanol–water partition coefficient (Wildman–Crippen LogP) is 5.52. The predicted molar refractivity (Wildman–Crippen MR) is 133 cm³/mol. The summed E-state index contributed by atoms with van der Waals surface area (Å²) in [6.45, 7) is 1.04. The number of aryl methyl sites for hydroxylation is 2. The van der Waals surface area contributed by atoms with Crippen molar-refractivity contribution in [2.45, 2.75) is 26.0 Å². The molecule has 1 heterocycles. The van der Waals surface area contributed by atoms with Crippen LogP contribution in [0.1, 0.15) is 23.1 Å². The minimum atomic E-state index is -0.268. The zero-order valence-electron chi connectivity index (χ0n) is 19.8. The fourth-order valence-corrected chi connectivity index (χ4v) is 3.78.